The van der Waals surface area contributed by atoms with E-state index in [0.29, 0.717) is 18.0 Å². The molecule has 0 aliphatic heterocycles. The molecule has 3 rings (SSSR count). The van der Waals surface area contributed by atoms with E-state index in [4.69, 9.17) is 4.74 Å². The van der Waals surface area contributed by atoms with Crippen molar-refractivity contribution in [1.82, 2.24) is 24.6 Å². The van der Waals surface area contributed by atoms with Gasteiger partial charge < -0.3 is 10.1 Å². The van der Waals surface area contributed by atoms with Crippen LogP contribution in [-0.2, 0) is 11.3 Å². The molecule has 0 atom stereocenters. The van der Waals surface area contributed by atoms with Gasteiger partial charge in [-0.25, -0.2) is 0 Å². The van der Waals surface area contributed by atoms with Crippen molar-refractivity contribution in [3.8, 4) is 11.4 Å². The van der Waals surface area contributed by atoms with Crippen LogP contribution in [-0.4, -0.2) is 51.3 Å². The summed E-state index contributed by atoms with van der Waals surface area (Å²) in [6.07, 6.45) is 6.67. The lowest BCUT2D eigenvalue weighted by atomic mass is 10.2. The number of hydrogen-bond acceptors (Lipinski definition) is 6. The molecule has 2 heterocycles. The monoisotopic (exact) mass is 352 g/mol. The van der Waals surface area contributed by atoms with E-state index in [2.05, 4.69) is 20.5 Å². The SMILES string of the molecule is COc1ccc(-n2cnnc2)cc1NC(=O)CN(C)Cc1ccncc1. The van der Waals surface area contributed by atoms with Crippen molar-refractivity contribution in [3.63, 3.8) is 0 Å². The number of methoxy groups -OCH3 is 1. The van der Waals surface area contributed by atoms with E-state index >= 15 is 0 Å². The second-order valence-electron chi connectivity index (χ2n) is 5.83. The predicted octanol–water partition coefficient (Wildman–Crippen LogP) is 1.74. The van der Waals surface area contributed by atoms with Crippen LogP contribution >= 0.6 is 0 Å². The van der Waals surface area contributed by atoms with Crippen molar-refractivity contribution in [2.45, 2.75) is 6.54 Å². The highest BCUT2D eigenvalue weighted by Crippen LogP contribution is 2.27. The quantitative estimate of drug-likeness (QED) is 0.697. The molecular formula is C18H20N6O2. The van der Waals surface area contributed by atoms with E-state index < -0.39 is 0 Å². The molecule has 0 aliphatic carbocycles. The van der Waals surface area contributed by atoms with Crippen LogP contribution < -0.4 is 10.1 Å². The van der Waals surface area contributed by atoms with Gasteiger partial charge in [-0.1, -0.05) is 0 Å². The fourth-order valence-electron chi connectivity index (χ4n) is 2.58. The zero-order valence-corrected chi connectivity index (χ0v) is 14.7. The third-order valence-electron chi connectivity index (χ3n) is 3.79. The van der Waals surface area contributed by atoms with Gasteiger partial charge in [0.1, 0.15) is 18.4 Å². The lowest BCUT2D eigenvalue weighted by molar-refractivity contribution is -0.117. The van der Waals surface area contributed by atoms with Gasteiger partial charge in [-0.2, -0.15) is 0 Å². The van der Waals surface area contributed by atoms with E-state index in [9.17, 15) is 4.79 Å². The Kier molecular flexibility index (Phi) is 5.55. The molecule has 0 spiro atoms. The van der Waals surface area contributed by atoms with Crippen molar-refractivity contribution in [2.75, 3.05) is 26.0 Å². The molecule has 0 fully saturated rings. The second kappa shape index (κ2) is 8.21. The zero-order chi connectivity index (χ0) is 18.4. The molecule has 134 valence electrons. The molecule has 2 aromatic heterocycles. The number of carbonyl (C=O) groups is 1. The average Bonchev–Trinajstić information content (AvgIpc) is 3.17. The molecule has 26 heavy (non-hydrogen) atoms. The fraction of sp³-hybridized carbons (Fsp3) is 0.222. The number of nitrogens with one attached hydrogen (secondary N) is 1. The summed E-state index contributed by atoms with van der Waals surface area (Å²) in [5.41, 5.74) is 2.53. The highest BCUT2D eigenvalue weighted by Gasteiger charge is 2.12. The van der Waals surface area contributed by atoms with Crippen molar-refractivity contribution < 1.29 is 9.53 Å². The number of amides is 1. The van der Waals surface area contributed by atoms with Crippen molar-refractivity contribution in [2.24, 2.45) is 0 Å². The first-order valence-electron chi connectivity index (χ1n) is 8.06. The van der Waals surface area contributed by atoms with E-state index in [1.165, 1.54) is 0 Å². The highest BCUT2D eigenvalue weighted by molar-refractivity contribution is 5.94. The molecule has 0 aliphatic rings. The Balaban J connectivity index is 1.67. The normalized spacial score (nSPS) is 10.7. The number of carbonyl (C=O) groups excluding carboxylic acids is 1. The smallest absolute Gasteiger partial charge is 0.238 e. The number of anilines is 1. The van der Waals surface area contributed by atoms with E-state index in [1.54, 1.807) is 42.8 Å². The van der Waals surface area contributed by atoms with Crippen LogP contribution in [0.4, 0.5) is 5.69 Å². The molecule has 0 unspecified atom stereocenters. The predicted molar refractivity (Wildman–Crippen MR) is 97.1 cm³/mol. The Morgan fingerprint density at radius 1 is 1.19 bits per heavy atom. The van der Waals surface area contributed by atoms with Crippen molar-refractivity contribution in [3.05, 3.63) is 60.9 Å². The van der Waals surface area contributed by atoms with Crippen LogP contribution in [0.2, 0.25) is 0 Å². The summed E-state index contributed by atoms with van der Waals surface area (Å²) in [6, 6.07) is 9.35. The standard InChI is InChI=1S/C18H20N6O2/c1-23(10-14-5-7-19-8-6-14)11-18(25)22-16-9-15(3-4-17(16)26-2)24-12-20-21-13-24/h3-9,12-13H,10-11H2,1-2H3,(H,22,25). The van der Waals surface area contributed by atoms with Crippen molar-refractivity contribution in [1.29, 1.82) is 0 Å². The Bertz CT molecular complexity index is 851. The number of pyridine rings is 1. The summed E-state index contributed by atoms with van der Waals surface area (Å²) < 4.78 is 7.10. The first kappa shape index (κ1) is 17.6. The summed E-state index contributed by atoms with van der Waals surface area (Å²) in [7, 11) is 3.46. The van der Waals surface area contributed by atoms with Gasteiger partial charge in [0.25, 0.3) is 0 Å². The highest BCUT2D eigenvalue weighted by atomic mass is 16.5. The van der Waals surface area contributed by atoms with Gasteiger partial charge in [0.05, 0.1) is 25.0 Å². The summed E-state index contributed by atoms with van der Waals surface area (Å²) in [5.74, 6) is 0.465. The Labute approximate surface area is 151 Å². The molecule has 8 nitrogen and oxygen atoms in total. The molecule has 0 saturated heterocycles. The number of benzene rings is 1. The van der Waals surface area contributed by atoms with Gasteiger partial charge in [-0.05, 0) is 42.9 Å². The Hall–Kier alpha value is -3.26. The summed E-state index contributed by atoms with van der Waals surface area (Å²) in [5, 5.41) is 10.5. The number of hydrogen-bond donors (Lipinski definition) is 1. The maximum absolute atomic E-state index is 12.4. The van der Waals surface area contributed by atoms with Gasteiger partial charge in [0.2, 0.25) is 5.91 Å². The number of nitrogens with zero attached hydrogens (tertiary/aromatic N) is 5. The van der Waals surface area contributed by atoms with Crippen LogP contribution in [0.5, 0.6) is 5.75 Å². The van der Waals surface area contributed by atoms with Gasteiger partial charge in [-0.3, -0.25) is 19.2 Å². The fourth-order valence-corrected chi connectivity index (χ4v) is 2.58. The van der Waals surface area contributed by atoms with Crippen LogP contribution in [0.25, 0.3) is 5.69 Å². The van der Waals surface area contributed by atoms with Gasteiger partial charge >= 0.3 is 0 Å². The topological polar surface area (TPSA) is 85.2 Å². The Morgan fingerprint density at radius 2 is 1.92 bits per heavy atom. The average molecular weight is 352 g/mol. The lowest BCUT2D eigenvalue weighted by Gasteiger charge is -2.17. The van der Waals surface area contributed by atoms with Gasteiger partial charge in [0.15, 0.2) is 0 Å². The van der Waals surface area contributed by atoms with Gasteiger partial charge in [0, 0.05) is 18.9 Å². The summed E-state index contributed by atoms with van der Waals surface area (Å²) in [4.78, 5) is 18.4. The maximum atomic E-state index is 12.4. The molecule has 0 saturated carbocycles. The third-order valence-corrected chi connectivity index (χ3v) is 3.79. The second-order valence-corrected chi connectivity index (χ2v) is 5.83. The number of aromatic nitrogens is 4. The van der Waals surface area contributed by atoms with E-state index in [0.717, 1.165) is 11.3 Å². The molecular weight excluding hydrogens is 332 g/mol. The number of ether oxygens (including phenoxy) is 1. The minimum atomic E-state index is -0.124. The van der Waals surface area contributed by atoms with Gasteiger partial charge in [-0.15, -0.1) is 10.2 Å². The van der Waals surface area contributed by atoms with E-state index in [-0.39, 0.29) is 12.5 Å². The molecule has 3 aromatic rings. The third kappa shape index (κ3) is 4.42. The first-order valence-corrected chi connectivity index (χ1v) is 8.06. The van der Waals surface area contributed by atoms with Crippen LogP contribution in [0.15, 0.2) is 55.4 Å². The van der Waals surface area contributed by atoms with Crippen LogP contribution in [0.1, 0.15) is 5.56 Å². The molecule has 1 amide bonds. The first-order chi connectivity index (χ1) is 12.7. The largest absolute Gasteiger partial charge is 0.495 e. The number of likely N-dealkylation sites (N-methyl/N-ethyl adjacent to an activating group) is 1. The minimum Gasteiger partial charge on any atom is -0.495 e. The lowest BCUT2D eigenvalue weighted by Crippen LogP contribution is -2.30. The molecule has 1 aromatic carbocycles. The molecule has 0 radical (unpaired) electrons. The Morgan fingerprint density at radius 3 is 2.62 bits per heavy atom. The molecule has 0 bridgehead atoms. The van der Waals surface area contributed by atoms with E-state index in [1.807, 2.05) is 36.2 Å². The molecule has 8 heteroatoms. The van der Waals surface area contributed by atoms with Crippen LogP contribution in [0.3, 0.4) is 0 Å². The zero-order valence-electron chi connectivity index (χ0n) is 14.7. The maximum Gasteiger partial charge on any atom is 0.238 e. The number of rotatable bonds is 7. The van der Waals surface area contributed by atoms with Crippen molar-refractivity contribution >= 4 is 11.6 Å². The molecule has 1 N–H and O–H groups in total. The van der Waals surface area contributed by atoms with Crippen LogP contribution in [0, 0.1) is 0 Å². The minimum absolute atomic E-state index is 0.124. The summed E-state index contributed by atoms with van der Waals surface area (Å²) >= 11 is 0. The summed E-state index contributed by atoms with van der Waals surface area (Å²) in [6.45, 7) is 0.913.